The minimum absolute atomic E-state index is 0.140. The molecule has 0 aromatic carbocycles. The fourth-order valence-corrected chi connectivity index (χ4v) is 1.66. The van der Waals surface area contributed by atoms with Gasteiger partial charge in [0.2, 0.25) is 0 Å². The summed E-state index contributed by atoms with van der Waals surface area (Å²) in [5, 5.41) is 3.13. The smallest absolute Gasteiger partial charge is 0.145 e. The molecule has 0 saturated heterocycles. The maximum Gasteiger partial charge on any atom is 0.145 e. The van der Waals surface area contributed by atoms with Gasteiger partial charge in [-0.1, -0.05) is 6.92 Å². The Morgan fingerprint density at radius 1 is 1.57 bits per heavy atom. The van der Waals surface area contributed by atoms with Crippen molar-refractivity contribution >= 4 is 0 Å². The Morgan fingerprint density at radius 3 is 2.79 bits per heavy atom. The Balaban J connectivity index is 2.94. The summed E-state index contributed by atoms with van der Waals surface area (Å²) in [6.07, 6.45) is 2.53. The molecule has 78 valence electrons. The zero-order valence-electron chi connectivity index (χ0n) is 8.92. The van der Waals surface area contributed by atoms with Crippen molar-refractivity contribution in [3.63, 3.8) is 0 Å². The van der Waals surface area contributed by atoms with Crippen LogP contribution < -0.4 is 5.32 Å². The Labute approximate surface area is 84.6 Å². The van der Waals surface area contributed by atoms with E-state index in [-0.39, 0.29) is 17.8 Å². The topological polar surface area (TPSA) is 24.9 Å². The lowest BCUT2D eigenvalue weighted by Crippen LogP contribution is -2.29. The van der Waals surface area contributed by atoms with Crippen LogP contribution in [0, 0.1) is 5.82 Å². The molecule has 2 nitrogen and oxygen atoms in total. The third-order valence-electron chi connectivity index (χ3n) is 2.64. The molecule has 0 aliphatic carbocycles. The highest BCUT2D eigenvalue weighted by Crippen LogP contribution is 2.23. The fourth-order valence-electron chi connectivity index (χ4n) is 1.66. The number of nitrogens with one attached hydrogen (secondary N) is 1. The Bertz CT molecular complexity index is 288. The van der Waals surface area contributed by atoms with Crippen LogP contribution in [0.15, 0.2) is 18.3 Å². The van der Waals surface area contributed by atoms with E-state index in [0.29, 0.717) is 5.69 Å². The quantitative estimate of drug-likeness (QED) is 0.799. The number of aromatic nitrogens is 1. The number of pyridine rings is 1. The molecule has 0 fully saturated rings. The first-order chi connectivity index (χ1) is 6.70. The summed E-state index contributed by atoms with van der Waals surface area (Å²) in [7, 11) is 1.88. The van der Waals surface area contributed by atoms with Crippen LogP contribution in [-0.4, -0.2) is 18.1 Å². The maximum absolute atomic E-state index is 13.4. The SMILES string of the molecule is CCC(c1ncccc1F)C(C)NC. The average molecular weight is 196 g/mol. The highest BCUT2D eigenvalue weighted by atomic mass is 19.1. The van der Waals surface area contributed by atoms with Crippen LogP contribution >= 0.6 is 0 Å². The summed E-state index contributed by atoms with van der Waals surface area (Å²) in [5.74, 6) is -0.0670. The number of likely N-dealkylation sites (N-methyl/N-ethyl adjacent to an activating group) is 1. The zero-order chi connectivity index (χ0) is 10.6. The van der Waals surface area contributed by atoms with Crippen LogP contribution in [0.2, 0.25) is 0 Å². The van der Waals surface area contributed by atoms with Gasteiger partial charge in [-0.2, -0.15) is 0 Å². The van der Waals surface area contributed by atoms with Crippen LogP contribution in [0.5, 0.6) is 0 Å². The van der Waals surface area contributed by atoms with Gasteiger partial charge in [0.1, 0.15) is 5.82 Å². The van der Waals surface area contributed by atoms with Gasteiger partial charge in [0.15, 0.2) is 0 Å². The predicted molar refractivity (Wildman–Crippen MR) is 55.7 cm³/mol. The molecule has 0 radical (unpaired) electrons. The molecular weight excluding hydrogens is 179 g/mol. The van der Waals surface area contributed by atoms with Gasteiger partial charge in [-0.15, -0.1) is 0 Å². The Hall–Kier alpha value is -0.960. The summed E-state index contributed by atoms with van der Waals surface area (Å²) < 4.78 is 13.4. The number of hydrogen-bond acceptors (Lipinski definition) is 2. The molecule has 2 atom stereocenters. The average Bonchev–Trinajstić information content (AvgIpc) is 2.21. The lowest BCUT2D eigenvalue weighted by atomic mass is 9.94. The van der Waals surface area contributed by atoms with E-state index < -0.39 is 0 Å². The van der Waals surface area contributed by atoms with Crippen molar-refractivity contribution < 1.29 is 4.39 Å². The van der Waals surface area contributed by atoms with Crippen LogP contribution in [0.25, 0.3) is 0 Å². The van der Waals surface area contributed by atoms with Gasteiger partial charge in [0.05, 0.1) is 5.69 Å². The van der Waals surface area contributed by atoms with Crippen LogP contribution in [0.3, 0.4) is 0 Å². The monoisotopic (exact) mass is 196 g/mol. The third-order valence-corrected chi connectivity index (χ3v) is 2.64. The van der Waals surface area contributed by atoms with E-state index in [0.717, 1.165) is 6.42 Å². The summed E-state index contributed by atoms with van der Waals surface area (Å²) >= 11 is 0. The number of hydrogen-bond donors (Lipinski definition) is 1. The van der Waals surface area contributed by atoms with Gasteiger partial charge in [-0.05, 0) is 32.5 Å². The molecule has 0 aliphatic heterocycles. The van der Waals surface area contributed by atoms with Crippen LogP contribution in [0.1, 0.15) is 31.9 Å². The highest BCUT2D eigenvalue weighted by molar-refractivity contribution is 5.14. The molecule has 1 rings (SSSR count). The standard InChI is InChI=1S/C11H17FN2/c1-4-9(8(2)13-3)11-10(12)6-5-7-14-11/h5-9,13H,4H2,1-3H3. The van der Waals surface area contributed by atoms with E-state index in [1.54, 1.807) is 12.3 Å². The van der Waals surface area contributed by atoms with Gasteiger partial charge in [0, 0.05) is 18.2 Å². The molecule has 1 aromatic rings. The van der Waals surface area contributed by atoms with E-state index in [1.807, 2.05) is 20.9 Å². The molecule has 1 N–H and O–H groups in total. The molecule has 0 saturated carbocycles. The normalized spacial score (nSPS) is 15.1. The van der Waals surface area contributed by atoms with Gasteiger partial charge in [0.25, 0.3) is 0 Å². The van der Waals surface area contributed by atoms with Gasteiger partial charge < -0.3 is 5.32 Å². The lowest BCUT2D eigenvalue weighted by Gasteiger charge is -2.21. The molecule has 1 heterocycles. The van der Waals surface area contributed by atoms with Crippen molar-refractivity contribution in [2.24, 2.45) is 0 Å². The van der Waals surface area contributed by atoms with Crippen molar-refractivity contribution in [2.75, 3.05) is 7.05 Å². The summed E-state index contributed by atoms with van der Waals surface area (Å²) in [5.41, 5.74) is 0.567. The molecule has 1 aromatic heterocycles. The van der Waals surface area contributed by atoms with E-state index in [9.17, 15) is 4.39 Å². The summed E-state index contributed by atoms with van der Waals surface area (Å²) in [6.45, 7) is 4.09. The minimum Gasteiger partial charge on any atom is -0.317 e. The van der Waals surface area contributed by atoms with Gasteiger partial charge >= 0.3 is 0 Å². The largest absolute Gasteiger partial charge is 0.317 e. The van der Waals surface area contributed by atoms with Crippen molar-refractivity contribution in [2.45, 2.75) is 32.2 Å². The van der Waals surface area contributed by atoms with Crippen molar-refractivity contribution in [3.8, 4) is 0 Å². The summed E-state index contributed by atoms with van der Waals surface area (Å²) in [4.78, 5) is 4.10. The second-order valence-electron chi connectivity index (χ2n) is 3.46. The van der Waals surface area contributed by atoms with E-state index >= 15 is 0 Å². The van der Waals surface area contributed by atoms with Gasteiger partial charge in [-0.3, -0.25) is 4.98 Å². The van der Waals surface area contributed by atoms with Crippen molar-refractivity contribution in [3.05, 3.63) is 29.8 Å². The maximum atomic E-state index is 13.4. The first-order valence-electron chi connectivity index (χ1n) is 4.98. The van der Waals surface area contributed by atoms with Gasteiger partial charge in [-0.25, -0.2) is 4.39 Å². The fraction of sp³-hybridized carbons (Fsp3) is 0.545. The molecule has 3 heteroatoms. The molecule has 0 aliphatic rings. The third kappa shape index (κ3) is 2.29. The first kappa shape index (κ1) is 11.1. The Morgan fingerprint density at radius 2 is 2.29 bits per heavy atom. The highest BCUT2D eigenvalue weighted by Gasteiger charge is 2.20. The lowest BCUT2D eigenvalue weighted by molar-refractivity contribution is 0.451. The number of nitrogens with zero attached hydrogens (tertiary/aromatic N) is 1. The predicted octanol–water partition coefficient (Wildman–Crippen LogP) is 2.32. The van der Waals surface area contributed by atoms with E-state index in [4.69, 9.17) is 0 Å². The van der Waals surface area contributed by atoms with E-state index in [1.165, 1.54) is 6.07 Å². The number of rotatable bonds is 4. The first-order valence-corrected chi connectivity index (χ1v) is 4.98. The molecule has 0 amide bonds. The second-order valence-corrected chi connectivity index (χ2v) is 3.46. The molecule has 2 unspecified atom stereocenters. The second kappa shape index (κ2) is 5.05. The van der Waals surface area contributed by atoms with Crippen molar-refractivity contribution in [1.82, 2.24) is 10.3 Å². The molecule has 14 heavy (non-hydrogen) atoms. The van der Waals surface area contributed by atoms with Crippen molar-refractivity contribution in [1.29, 1.82) is 0 Å². The van der Waals surface area contributed by atoms with Crippen LogP contribution in [0.4, 0.5) is 4.39 Å². The molecule has 0 bridgehead atoms. The van der Waals surface area contributed by atoms with Crippen LogP contribution in [-0.2, 0) is 0 Å². The Kier molecular flexibility index (Phi) is 4.01. The molecular formula is C11H17FN2. The number of halogens is 1. The van der Waals surface area contributed by atoms with E-state index in [2.05, 4.69) is 10.3 Å². The minimum atomic E-state index is -0.207. The summed E-state index contributed by atoms with van der Waals surface area (Å²) in [6, 6.07) is 3.33. The molecule has 0 spiro atoms. The zero-order valence-corrected chi connectivity index (χ0v) is 8.92.